The summed E-state index contributed by atoms with van der Waals surface area (Å²) in [5.41, 5.74) is 3.94. The number of benzene rings is 2. The van der Waals surface area contributed by atoms with Crippen molar-refractivity contribution in [2.24, 2.45) is 0 Å². The van der Waals surface area contributed by atoms with Gasteiger partial charge in [0.05, 0.1) is 6.10 Å². The van der Waals surface area contributed by atoms with Crippen molar-refractivity contribution in [1.82, 2.24) is 5.32 Å². The van der Waals surface area contributed by atoms with E-state index in [0.29, 0.717) is 5.56 Å². The molecule has 0 aromatic heterocycles. The first-order chi connectivity index (χ1) is 10.6. The molecule has 22 heavy (non-hydrogen) atoms. The van der Waals surface area contributed by atoms with Crippen molar-refractivity contribution in [3.05, 3.63) is 65.2 Å². The first-order valence-electron chi connectivity index (χ1n) is 7.50. The molecular formula is C18H20N2O2. The van der Waals surface area contributed by atoms with Crippen LogP contribution in [0.2, 0.25) is 0 Å². The molecule has 1 aliphatic heterocycles. The van der Waals surface area contributed by atoms with Crippen LogP contribution in [-0.2, 0) is 6.42 Å². The highest BCUT2D eigenvalue weighted by Gasteiger charge is 2.18. The number of fused-ring (bicyclic) bond motifs is 1. The summed E-state index contributed by atoms with van der Waals surface area (Å²) < 4.78 is 0. The van der Waals surface area contributed by atoms with E-state index in [4.69, 9.17) is 0 Å². The number of amides is 1. The van der Waals surface area contributed by atoms with Crippen molar-refractivity contribution < 1.29 is 9.90 Å². The number of aliphatic hydroxyl groups is 1. The van der Waals surface area contributed by atoms with Gasteiger partial charge in [0, 0.05) is 31.4 Å². The van der Waals surface area contributed by atoms with E-state index in [1.54, 1.807) is 12.1 Å². The van der Waals surface area contributed by atoms with E-state index >= 15 is 0 Å². The number of carbonyl (C=O) groups is 1. The fourth-order valence-electron chi connectivity index (χ4n) is 2.79. The normalized spacial score (nSPS) is 14.5. The highest BCUT2D eigenvalue weighted by molar-refractivity contribution is 5.94. The zero-order chi connectivity index (χ0) is 15.5. The number of carbonyl (C=O) groups excluding carboxylic acids is 1. The molecule has 1 amide bonds. The molecule has 3 rings (SSSR count). The fraction of sp³-hybridized carbons (Fsp3) is 0.278. The minimum absolute atomic E-state index is 0.166. The van der Waals surface area contributed by atoms with Crippen molar-refractivity contribution in [3.8, 4) is 0 Å². The molecule has 2 aromatic carbocycles. The highest BCUT2D eigenvalue weighted by Crippen LogP contribution is 2.29. The second-order valence-electron chi connectivity index (χ2n) is 5.65. The molecule has 0 aliphatic carbocycles. The Morgan fingerprint density at radius 3 is 2.82 bits per heavy atom. The predicted molar refractivity (Wildman–Crippen MR) is 87.2 cm³/mol. The van der Waals surface area contributed by atoms with Gasteiger partial charge < -0.3 is 15.3 Å². The summed E-state index contributed by atoms with van der Waals surface area (Å²) in [5, 5.41) is 13.1. The molecule has 1 aliphatic rings. The van der Waals surface area contributed by atoms with E-state index in [2.05, 4.69) is 17.3 Å². The minimum atomic E-state index is -0.691. The third kappa shape index (κ3) is 2.97. The number of nitrogens with zero attached hydrogens (tertiary/aromatic N) is 1. The van der Waals surface area contributed by atoms with E-state index in [1.807, 2.05) is 36.4 Å². The van der Waals surface area contributed by atoms with Crippen LogP contribution in [0.5, 0.6) is 0 Å². The van der Waals surface area contributed by atoms with Crippen molar-refractivity contribution in [2.45, 2.75) is 12.5 Å². The fourth-order valence-corrected chi connectivity index (χ4v) is 2.79. The Kier molecular flexibility index (Phi) is 4.11. The molecule has 1 atom stereocenters. The molecule has 0 spiro atoms. The van der Waals surface area contributed by atoms with Gasteiger partial charge in [0.25, 0.3) is 5.91 Å². The van der Waals surface area contributed by atoms with E-state index in [9.17, 15) is 9.90 Å². The molecule has 4 nitrogen and oxygen atoms in total. The lowest BCUT2D eigenvalue weighted by Crippen LogP contribution is -2.28. The van der Waals surface area contributed by atoms with Crippen LogP contribution in [0, 0.1) is 0 Å². The first kappa shape index (κ1) is 14.6. The summed E-state index contributed by atoms with van der Waals surface area (Å²) in [5.74, 6) is -0.166. The summed E-state index contributed by atoms with van der Waals surface area (Å²) in [6.45, 7) is 1.22. The van der Waals surface area contributed by atoms with Crippen molar-refractivity contribution in [3.63, 3.8) is 0 Å². The van der Waals surface area contributed by atoms with E-state index in [0.717, 1.165) is 18.5 Å². The van der Waals surface area contributed by atoms with Crippen molar-refractivity contribution in [2.75, 3.05) is 25.0 Å². The molecule has 0 fully saturated rings. The first-order valence-corrected chi connectivity index (χ1v) is 7.50. The summed E-state index contributed by atoms with van der Waals surface area (Å²) in [4.78, 5) is 14.2. The molecule has 0 saturated heterocycles. The topological polar surface area (TPSA) is 52.6 Å². The lowest BCUT2D eigenvalue weighted by molar-refractivity contribution is 0.0916. The van der Waals surface area contributed by atoms with Crippen LogP contribution in [-0.4, -0.2) is 31.2 Å². The lowest BCUT2D eigenvalue weighted by atomic mass is 10.0. The van der Waals surface area contributed by atoms with Crippen LogP contribution >= 0.6 is 0 Å². The van der Waals surface area contributed by atoms with Gasteiger partial charge in [-0.05, 0) is 35.7 Å². The number of likely N-dealkylation sites (N-methyl/N-ethyl adjacent to an activating group) is 1. The maximum absolute atomic E-state index is 12.0. The van der Waals surface area contributed by atoms with E-state index < -0.39 is 6.10 Å². The maximum atomic E-state index is 12.0. The van der Waals surface area contributed by atoms with Gasteiger partial charge >= 0.3 is 0 Å². The molecule has 2 N–H and O–H groups in total. The van der Waals surface area contributed by atoms with Gasteiger partial charge in [0.2, 0.25) is 0 Å². The Morgan fingerprint density at radius 1 is 1.27 bits per heavy atom. The Labute approximate surface area is 130 Å². The molecule has 0 bridgehead atoms. The SMILES string of the molecule is CN1CCc2cc([C@@H](O)CNC(=O)c3ccccc3)ccc21. The Morgan fingerprint density at radius 2 is 2.05 bits per heavy atom. The largest absolute Gasteiger partial charge is 0.387 e. The van der Waals surface area contributed by atoms with Crippen LogP contribution in [0.1, 0.15) is 27.6 Å². The molecule has 0 saturated carbocycles. The van der Waals surface area contributed by atoms with Crippen molar-refractivity contribution >= 4 is 11.6 Å². The quantitative estimate of drug-likeness (QED) is 0.909. The second-order valence-corrected chi connectivity index (χ2v) is 5.65. The summed E-state index contributed by atoms with van der Waals surface area (Å²) in [7, 11) is 2.07. The zero-order valence-electron chi connectivity index (χ0n) is 12.6. The summed E-state index contributed by atoms with van der Waals surface area (Å²) >= 11 is 0. The molecule has 4 heteroatoms. The molecule has 1 heterocycles. The van der Waals surface area contributed by atoms with Gasteiger partial charge in [-0.1, -0.05) is 30.3 Å². The maximum Gasteiger partial charge on any atom is 0.251 e. The zero-order valence-corrected chi connectivity index (χ0v) is 12.6. The van der Waals surface area contributed by atoms with Crippen molar-refractivity contribution in [1.29, 1.82) is 0 Å². The third-order valence-electron chi connectivity index (χ3n) is 4.11. The number of hydrogen-bond donors (Lipinski definition) is 2. The monoisotopic (exact) mass is 296 g/mol. The van der Waals surface area contributed by atoms with Gasteiger partial charge in [0.15, 0.2) is 0 Å². The van der Waals surface area contributed by atoms with Crippen LogP contribution in [0.3, 0.4) is 0 Å². The van der Waals surface area contributed by atoms with Crippen LogP contribution in [0.4, 0.5) is 5.69 Å². The molecule has 2 aromatic rings. The highest BCUT2D eigenvalue weighted by atomic mass is 16.3. The Hall–Kier alpha value is -2.33. The predicted octanol–water partition coefficient (Wildman–Crippen LogP) is 2.14. The van der Waals surface area contributed by atoms with E-state index in [1.165, 1.54) is 11.3 Å². The Bertz CT molecular complexity index is 670. The number of rotatable bonds is 4. The number of hydrogen-bond acceptors (Lipinski definition) is 3. The van der Waals surface area contributed by atoms with Gasteiger partial charge in [0.1, 0.15) is 0 Å². The summed E-state index contributed by atoms with van der Waals surface area (Å²) in [6.07, 6.45) is 0.312. The molecule has 114 valence electrons. The van der Waals surface area contributed by atoms with Crippen LogP contribution in [0.25, 0.3) is 0 Å². The van der Waals surface area contributed by atoms with Gasteiger partial charge in [-0.3, -0.25) is 4.79 Å². The number of nitrogens with one attached hydrogen (secondary N) is 1. The average Bonchev–Trinajstić information content (AvgIpc) is 2.93. The standard InChI is InChI=1S/C18H20N2O2/c1-20-10-9-14-11-15(7-8-16(14)20)17(21)12-19-18(22)13-5-3-2-4-6-13/h2-8,11,17,21H,9-10,12H2,1H3,(H,19,22)/t17-/m0/s1. The van der Waals surface area contributed by atoms with Crippen LogP contribution in [0.15, 0.2) is 48.5 Å². The second kappa shape index (κ2) is 6.20. The average molecular weight is 296 g/mol. The third-order valence-corrected chi connectivity index (χ3v) is 4.11. The van der Waals surface area contributed by atoms with Gasteiger partial charge in [-0.15, -0.1) is 0 Å². The smallest absolute Gasteiger partial charge is 0.251 e. The molecular weight excluding hydrogens is 276 g/mol. The Balaban J connectivity index is 1.63. The lowest BCUT2D eigenvalue weighted by Gasteiger charge is -2.15. The molecule has 0 radical (unpaired) electrons. The number of aliphatic hydroxyl groups excluding tert-OH is 1. The van der Waals surface area contributed by atoms with Crippen LogP contribution < -0.4 is 10.2 Å². The minimum Gasteiger partial charge on any atom is -0.387 e. The molecule has 0 unspecified atom stereocenters. The van der Waals surface area contributed by atoms with Gasteiger partial charge in [-0.25, -0.2) is 0 Å². The van der Waals surface area contributed by atoms with E-state index in [-0.39, 0.29) is 12.5 Å². The van der Waals surface area contributed by atoms with Gasteiger partial charge in [-0.2, -0.15) is 0 Å². The summed E-state index contributed by atoms with van der Waals surface area (Å²) in [6, 6.07) is 15.0. The number of anilines is 1.